The normalized spacial score (nSPS) is 12.5. The largest absolute Gasteiger partial charge is 0.294 e. The Morgan fingerprint density at radius 1 is 0.889 bits per heavy atom. The molecule has 3 nitrogen and oxygen atoms in total. The highest BCUT2D eigenvalue weighted by Gasteiger charge is 2.31. The molecular formula is C22H19ClO3S. The summed E-state index contributed by atoms with van der Waals surface area (Å²) in [6.07, 6.45) is -0.137. The average molecular weight is 399 g/mol. The molecule has 0 N–H and O–H groups in total. The van der Waals surface area contributed by atoms with Crippen LogP contribution in [0.3, 0.4) is 0 Å². The van der Waals surface area contributed by atoms with E-state index in [4.69, 9.17) is 11.6 Å². The molecule has 0 aliphatic carbocycles. The van der Waals surface area contributed by atoms with Crippen LogP contribution >= 0.6 is 11.6 Å². The first-order valence-corrected chi connectivity index (χ1v) is 10.4. The van der Waals surface area contributed by atoms with Crippen LogP contribution in [-0.4, -0.2) is 14.2 Å². The quantitative estimate of drug-likeness (QED) is 0.520. The summed E-state index contributed by atoms with van der Waals surface area (Å²) in [5.41, 5.74) is 2.01. The van der Waals surface area contributed by atoms with Gasteiger partial charge < -0.3 is 0 Å². The number of hydrogen-bond acceptors (Lipinski definition) is 3. The molecule has 0 aliphatic heterocycles. The lowest BCUT2D eigenvalue weighted by atomic mass is 10.0. The summed E-state index contributed by atoms with van der Waals surface area (Å²) in [5, 5.41) is -0.468. The average Bonchev–Trinajstić information content (AvgIpc) is 2.68. The molecule has 5 heteroatoms. The standard InChI is InChI=1S/C22H19ClO3S/c1-16-7-13-20(14-8-16)27(25,26)22(18-9-11-19(23)12-10-18)15-21(24)17-5-3-2-4-6-17/h2-14,22H,15H2,1H3. The van der Waals surface area contributed by atoms with Crippen molar-refractivity contribution in [3.8, 4) is 0 Å². The van der Waals surface area contributed by atoms with Crippen molar-refractivity contribution < 1.29 is 13.2 Å². The summed E-state index contributed by atoms with van der Waals surface area (Å²) in [6, 6.07) is 22.0. The lowest BCUT2D eigenvalue weighted by molar-refractivity contribution is 0.0980. The highest BCUT2D eigenvalue weighted by atomic mass is 35.5. The van der Waals surface area contributed by atoms with Gasteiger partial charge in [0, 0.05) is 17.0 Å². The number of Topliss-reactive ketones (excluding diaryl/α,β-unsaturated/α-hetero) is 1. The van der Waals surface area contributed by atoms with Crippen molar-refractivity contribution in [2.24, 2.45) is 0 Å². The Hall–Kier alpha value is -2.43. The van der Waals surface area contributed by atoms with E-state index in [0.29, 0.717) is 16.1 Å². The number of rotatable bonds is 6. The molecule has 0 saturated carbocycles. The first-order chi connectivity index (χ1) is 12.9. The monoisotopic (exact) mass is 398 g/mol. The van der Waals surface area contributed by atoms with Crippen molar-refractivity contribution in [2.75, 3.05) is 0 Å². The fourth-order valence-corrected chi connectivity index (χ4v) is 4.74. The molecule has 1 unspecified atom stereocenters. The highest BCUT2D eigenvalue weighted by Crippen LogP contribution is 2.33. The van der Waals surface area contributed by atoms with Crippen LogP contribution in [0.2, 0.25) is 5.02 Å². The molecule has 0 fully saturated rings. The van der Waals surface area contributed by atoms with E-state index in [2.05, 4.69) is 0 Å². The van der Waals surface area contributed by atoms with Crippen molar-refractivity contribution >= 4 is 27.2 Å². The summed E-state index contributed by atoms with van der Waals surface area (Å²) < 4.78 is 26.6. The van der Waals surface area contributed by atoms with E-state index >= 15 is 0 Å². The first-order valence-electron chi connectivity index (χ1n) is 8.52. The van der Waals surface area contributed by atoms with Crippen LogP contribution in [0.1, 0.15) is 33.2 Å². The predicted octanol–water partition coefficient (Wildman–Crippen LogP) is 5.44. The molecule has 3 aromatic rings. The van der Waals surface area contributed by atoms with Gasteiger partial charge in [-0.2, -0.15) is 0 Å². The number of benzene rings is 3. The van der Waals surface area contributed by atoms with Crippen LogP contribution in [-0.2, 0) is 9.84 Å². The lowest BCUT2D eigenvalue weighted by Crippen LogP contribution is -2.18. The second-order valence-corrected chi connectivity index (χ2v) is 8.96. The molecule has 0 saturated heterocycles. The summed E-state index contributed by atoms with van der Waals surface area (Å²) in [4.78, 5) is 12.9. The number of sulfone groups is 1. The number of carbonyl (C=O) groups is 1. The van der Waals surface area contributed by atoms with Gasteiger partial charge in [-0.25, -0.2) is 8.42 Å². The minimum atomic E-state index is -3.75. The van der Waals surface area contributed by atoms with E-state index in [9.17, 15) is 13.2 Å². The van der Waals surface area contributed by atoms with Gasteiger partial charge in [0.05, 0.1) is 10.1 Å². The molecule has 0 amide bonds. The number of aryl methyl sites for hydroxylation is 1. The number of ketones is 1. The third-order valence-corrected chi connectivity index (χ3v) is 6.80. The fraction of sp³-hybridized carbons (Fsp3) is 0.136. The summed E-state index contributed by atoms with van der Waals surface area (Å²) in [7, 11) is -3.75. The molecule has 0 bridgehead atoms. The topological polar surface area (TPSA) is 51.2 Å². The molecule has 0 heterocycles. The molecule has 0 aliphatic rings. The maximum Gasteiger partial charge on any atom is 0.185 e. The number of hydrogen-bond donors (Lipinski definition) is 0. The van der Waals surface area contributed by atoms with Crippen LogP contribution < -0.4 is 0 Å². The SMILES string of the molecule is Cc1ccc(S(=O)(=O)C(CC(=O)c2ccccc2)c2ccc(Cl)cc2)cc1. The summed E-state index contributed by atoms with van der Waals surface area (Å²) in [6.45, 7) is 1.89. The van der Waals surface area contributed by atoms with Crippen LogP contribution in [0, 0.1) is 6.92 Å². The molecule has 0 radical (unpaired) electrons. The zero-order valence-electron chi connectivity index (χ0n) is 14.8. The van der Waals surface area contributed by atoms with Crippen molar-refractivity contribution in [1.82, 2.24) is 0 Å². The minimum Gasteiger partial charge on any atom is -0.294 e. The van der Waals surface area contributed by atoms with Gasteiger partial charge in [-0.3, -0.25) is 4.79 Å². The van der Waals surface area contributed by atoms with Gasteiger partial charge in [-0.1, -0.05) is 71.8 Å². The van der Waals surface area contributed by atoms with Gasteiger partial charge in [-0.15, -0.1) is 0 Å². The Morgan fingerprint density at radius 3 is 2.07 bits per heavy atom. The van der Waals surface area contributed by atoms with E-state index in [1.165, 1.54) is 0 Å². The van der Waals surface area contributed by atoms with Crippen molar-refractivity contribution in [1.29, 1.82) is 0 Å². The highest BCUT2D eigenvalue weighted by molar-refractivity contribution is 7.91. The zero-order valence-corrected chi connectivity index (χ0v) is 16.4. The Balaban J connectivity index is 2.03. The summed E-state index contributed by atoms with van der Waals surface area (Å²) >= 11 is 5.95. The van der Waals surface area contributed by atoms with Crippen LogP contribution in [0.15, 0.2) is 83.8 Å². The maximum absolute atomic E-state index is 13.3. The molecule has 0 aromatic heterocycles. The Labute approximate surface area is 164 Å². The fourth-order valence-electron chi connectivity index (χ4n) is 2.89. The van der Waals surface area contributed by atoms with Gasteiger partial charge in [0.25, 0.3) is 0 Å². The number of carbonyl (C=O) groups excluding carboxylic acids is 1. The molecule has 1 atom stereocenters. The molecule has 0 spiro atoms. The van der Waals surface area contributed by atoms with Crippen molar-refractivity contribution in [3.05, 3.63) is 101 Å². The third kappa shape index (κ3) is 4.46. The van der Waals surface area contributed by atoms with Gasteiger partial charge in [0.1, 0.15) is 0 Å². The second-order valence-electron chi connectivity index (χ2n) is 6.39. The van der Waals surface area contributed by atoms with Crippen molar-refractivity contribution in [3.63, 3.8) is 0 Å². The third-order valence-electron chi connectivity index (χ3n) is 4.43. The Morgan fingerprint density at radius 2 is 1.48 bits per heavy atom. The van der Waals surface area contributed by atoms with E-state index in [1.807, 2.05) is 13.0 Å². The Kier molecular flexibility index (Phi) is 5.78. The van der Waals surface area contributed by atoms with Gasteiger partial charge in [-0.05, 0) is 36.8 Å². The minimum absolute atomic E-state index is 0.137. The van der Waals surface area contributed by atoms with Crippen LogP contribution in [0.5, 0.6) is 0 Å². The van der Waals surface area contributed by atoms with Crippen LogP contribution in [0.4, 0.5) is 0 Å². The summed E-state index contributed by atoms with van der Waals surface area (Å²) in [5.74, 6) is -0.216. The molecule has 3 aromatic carbocycles. The van der Waals surface area contributed by atoms with E-state index < -0.39 is 15.1 Å². The molecule has 3 rings (SSSR count). The molecule has 27 heavy (non-hydrogen) atoms. The van der Waals surface area contributed by atoms with Crippen molar-refractivity contribution in [2.45, 2.75) is 23.5 Å². The van der Waals surface area contributed by atoms with Crippen LogP contribution in [0.25, 0.3) is 0 Å². The van der Waals surface area contributed by atoms with E-state index in [0.717, 1.165) is 5.56 Å². The first kappa shape index (κ1) is 19.3. The van der Waals surface area contributed by atoms with E-state index in [-0.39, 0.29) is 17.1 Å². The van der Waals surface area contributed by atoms with Gasteiger partial charge in [0.2, 0.25) is 0 Å². The second kappa shape index (κ2) is 8.07. The van der Waals surface area contributed by atoms with E-state index in [1.54, 1.807) is 72.8 Å². The maximum atomic E-state index is 13.3. The molecule has 138 valence electrons. The zero-order chi connectivity index (χ0) is 19.4. The van der Waals surface area contributed by atoms with Gasteiger partial charge >= 0.3 is 0 Å². The van der Waals surface area contributed by atoms with Gasteiger partial charge in [0.15, 0.2) is 15.6 Å². The Bertz CT molecular complexity index is 1030. The lowest BCUT2D eigenvalue weighted by Gasteiger charge is -2.18. The number of halogens is 1. The molecular weight excluding hydrogens is 380 g/mol. The predicted molar refractivity (Wildman–Crippen MR) is 108 cm³/mol. The smallest absolute Gasteiger partial charge is 0.185 e.